The summed E-state index contributed by atoms with van der Waals surface area (Å²) < 4.78 is 13.5. The molecule has 0 saturated carbocycles. The van der Waals surface area contributed by atoms with Crippen molar-refractivity contribution in [2.75, 3.05) is 0 Å². The minimum Gasteiger partial charge on any atom is -0.510 e. The fraction of sp³-hybridized carbons (Fsp3) is 0.219. The Morgan fingerprint density at radius 2 is 1.13 bits per heavy atom. The van der Waals surface area contributed by atoms with Gasteiger partial charge in [0.15, 0.2) is 0 Å². The van der Waals surface area contributed by atoms with E-state index in [0.29, 0.717) is 11.5 Å². The van der Waals surface area contributed by atoms with E-state index in [1.807, 2.05) is 18.3 Å². The van der Waals surface area contributed by atoms with Crippen LogP contribution in [0.15, 0.2) is 182 Å². The molecule has 0 N–H and O–H groups in total. The molecule has 0 aliphatic carbocycles. The molecular weight excluding hydrogens is 1040 g/mol. The number of aromatic nitrogens is 4. The van der Waals surface area contributed by atoms with Gasteiger partial charge in [0.25, 0.3) is 6.33 Å². The topological polar surface area (TPSA) is 35.9 Å². The Hall–Kier alpha value is -6.81. The Bertz CT molecular complexity index is 3480. The molecule has 3 heterocycles. The summed E-state index contributed by atoms with van der Waals surface area (Å²) in [5.41, 5.74) is 12.4. The van der Waals surface area contributed by atoms with Crippen LogP contribution >= 0.6 is 0 Å². The zero-order chi connectivity index (χ0) is 48.3. The molecule has 3 aromatic heterocycles. The number of ether oxygens (including phenoxy) is 1. The Balaban J connectivity index is 0.00000608. The molecule has 0 spiro atoms. The van der Waals surface area contributed by atoms with Crippen LogP contribution in [0.3, 0.4) is 0 Å². The van der Waals surface area contributed by atoms with Gasteiger partial charge in [-0.1, -0.05) is 190 Å². The molecule has 0 aliphatic heterocycles. The van der Waals surface area contributed by atoms with Gasteiger partial charge in [0.2, 0.25) is 0 Å². The van der Waals surface area contributed by atoms with Crippen LogP contribution in [-0.4, -0.2) is 14.1 Å². The predicted molar refractivity (Wildman–Crippen MR) is 282 cm³/mol. The van der Waals surface area contributed by atoms with E-state index < -0.39 is 5.41 Å². The predicted octanol–water partition coefficient (Wildman–Crippen LogP) is 15.4. The van der Waals surface area contributed by atoms with Gasteiger partial charge in [0.1, 0.15) is 5.82 Å². The second kappa shape index (κ2) is 18.5. The maximum atomic E-state index is 6.99. The molecule has 0 unspecified atom stereocenters. The van der Waals surface area contributed by atoms with Crippen LogP contribution in [0.4, 0.5) is 0 Å². The Kier molecular flexibility index (Phi) is 12.7. The normalized spacial score (nSPS) is 12.3. The zero-order valence-electron chi connectivity index (χ0n) is 41.8. The summed E-state index contributed by atoms with van der Waals surface area (Å²) in [6.45, 7) is 22.6. The van der Waals surface area contributed by atoms with Crippen molar-refractivity contribution < 1.29 is 30.4 Å². The van der Waals surface area contributed by atoms with E-state index in [9.17, 15) is 0 Å². The quantitative estimate of drug-likeness (QED) is 0.101. The molecule has 0 fully saturated rings. The second-order valence-corrected chi connectivity index (χ2v) is 21.5. The summed E-state index contributed by atoms with van der Waals surface area (Å²) in [7, 11) is 0. The van der Waals surface area contributed by atoms with E-state index in [-0.39, 0.29) is 37.3 Å². The van der Waals surface area contributed by atoms with Gasteiger partial charge in [-0.05, 0) is 85.6 Å². The maximum absolute atomic E-state index is 6.99. The molecule has 7 aromatic carbocycles. The van der Waals surface area contributed by atoms with Crippen LogP contribution in [0, 0.1) is 18.5 Å². The third kappa shape index (κ3) is 9.20. The number of nitrogens with zero attached hydrogens (tertiary/aromatic N) is 4. The van der Waals surface area contributed by atoms with Crippen molar-refractivity contribution in [2.24, 2.45) is 0 Å². The van der Waals surface area contributed by atoms with Gasteiger partial charge in [0.05, 0.1) is 11.4 Å². The largest absolute Gasteiger partial charge is 0.510 e. The number of rotatable bonds is 10. The molecule has 5 nitrogen and oxygen atoms in total. The molecule has 0 aliphatic rings. The fourth-order valence-electron chi connectivity index (χ4n) is 9.51. The van der Waals surface area contributed by atoms with Crippen molar-refractivity contribution in [3.8, 4) is 39.8 Å². The first-order valence-electron chi connectivity index (χ1n) is 24.0. The number of benzene rings is 7. The molecule has 0 amide bonds. The molecule has 10 rings (SSSR count). The van der Waals surface area contributed by atoms with Gasteiger partial charge >= 0.3 is 0 Å². The summed E-state index contributed by atoms with van der Waals surface area (Å²) in [5, 5.41) is 2.21. The average molecular weight is 1100 g/mol. The van der Waals surface area contributed by atoms with Crippen molar-refractivity contribution in [1.82, 2.24) is 14.1 Å². The molecule has 354 valence electrons. The molecule has 0 saturated heterocycles. The minimum atomic E-state index is -0.414. The van der Waals surface area contributed by atoms with Crippen LogP contribution < -0.4 is 9.30 Å². The van der Waals surface area contributed by atoms with Gasteiger partial charge in [-0.2, -0.15) is 12.1 Å². The number of imidazole rings is 1. The molecular formula is C64H60N4OPt-2. The fourth-order valence-corrected chi connectivity index (χ4v) is 9.51. The van der Waals surface area contributed by atoms with Gasteiger partial charge in [-0.25, -0.2) is 4.98 Å². The van der Waals surface area contributed by atoms with E-state index in [1.165, 1.54) is 27.8 Å². The van der Waals surface area contributed by atoms with Crippen LogP contribution in [0.25, 0.3) is 50.1 Å². The van der Waals surface area contributed by atoms with Gasteiger partial charge in [-0.15, -0.1) is 35.2 Å². The molecule has 10 aromatic rings. The second-order valence-electron chi connectivity index (χ2n) is 21.5. The maximum Gasteiger partial charge on any atom is 0.267 e. The smallest absolute Gasteiger partial charge is 0.267 e. The molecule has 70 heavy (non-hydrogen) atoms. The number of hydrogen-bond donors (Lipinski definition) is 0. The number of fused-ring (bicyclic) bond motifs is 3. The van der Waals surface area contributed by atoms with E-state index in [2.05, 4.69) is 265 Å². The third-order valence-corrected chi connectivity index (χ3v) is 13.9. The van der Waals surface area contributed by atoms with Crippen molar-refractivity contribution in [1.29, 1.82) is 0 Å². The molecule has 0 atom stereocenters. The van der Waals surface area contributed by atoms with E-state index in [0.717, 1.165) is 55.8 Å². The van der Waals surface area contributed by atoms with Crippen LogP contribution in [0.5, 0.6) is 11.5 Å². The van der Waals surface area contributed by atoms with Crippen molar-refractivity contribution in [2.45, 2.75) is 90.9 Å². The van der Waals surface area contributed by atoms with Crippen molar-refractivity contribution in [3.63, 3.8) is 0 Å². The van der Waals surface area contributed by atoms with Crippen LogP contribution in [-0.2, 0) is 42.7 Å². The zero-order valence-corrected chi connectivity index (χ0v) is 44.1. The molecule has 0 bridgehead atoms. The SMILES string of the molecule is CC(C)(C)c1cccc(-[n+]2[c-]n(-c3[c-]c(Oc4[c-]c5c(cc4)c4cc(C(C)(C)c6ccccc6)ccc4n5-c4cc(C(C)(C)C)ccn4)cc(-c4ccccc4)c3)c(C(C)(C)c3ccccc3)c2)c1.[Pt]. The average Bonchev–Trinajstić information content (AvgIpc) is 3.95. The van der Waals surface area contributed by atoms with Crippen molar-refractivity contribution in [3.05, 3.63) is 234 Å². The minimum absolute atomic E-state index is 0. The van der Waals surface area contributed by atoms with Crippen molar-refractivity contribution >= 4 is 21.8 Å². The first kappa shape index (κ1) is 48.2. The number of pyridine rings is 1. The summed E-state index contributed by atoms with van der Waals surface area (Å²) in [6, 6.07) is 67.8. The van der Waals surface area contributed by atoms with E-state index in [4.69, 9.17) is 9.72 Å². The summed E-state index contributed by atoms with van der Waals surface area (Å²) in [4.78, 5) is 5.00. The van der Waals surface area contributed by atoms with Gasteiger partial charge < -0.3 is 13.9 Å². The van der Waals surface area contributed by atoms with Gasteiger partial charge in [0, 0.05) is 61.3 Å². The first-order valence-corrected chi connectivity index (χ1v) is 24.0. The van der Waals surface area contributed by atoms with Gasteiger partial charge in [-0.3, -0.25) is 4.57 Å². The Morgan fingerprint density at radius 3 is 1.80 bits per heavy atom. The third-order valence-electron chi connectivity index (χ3n) is 13.9. The summed E-state index contributed by atoms with van der Waals surface area (Å²) in [6.07, 6.45) is 7.91. The first-order chi connectivity index (χ1) is 32.9. The Labute approximate surface area is 428 Å². The van der Waals surface area contributed by atoms with E-state index in [1.54, 1.807) is 0 Å². The molecule has 0 radical (unpaired) electrons. The molecule has 6 heteroatoms. The summed E-state index contributed by atoms with van der Waals surface area (Å²) in [5.74, 6) is 1.98. The monoisotopic (exact) mass is 1100 g/mol. The van der Waals surface area contributed by atoms with Crippen LogP contribution in [0.1, 0.15) is 103 Å². The number of hydrogen-bond acceptors (Lipinski definition) is 2. The Morgan fingerprint density at radius 1 is 0.500 bits per heavy atom. The summed E-state index contributed by atoms with van der Waals surface area (Å²) >= 11 is 0. The van der Waals surface area contributed by atoms with Crippen LogP contribution in [0.2, 0.25) is 0 Å². The standard InChI is InChI=1S/C64H60N4O.Pt/c1-61(2,3)48-27-20-28-51(37-48)66-42-59(64(9,10)47-25-18-13-19-26-47)67(43-66)52-35-45(44-21-14-11-15-22-44)36-54(40-52)69-53-30-31-55-56-38-50(63(7,8)46-23-16-12-17-24-46)29-32-57(56)68(58(55)41-53)60-39-49(33-34-65-60)62(4,5)6;/h11-39,42H,1-10H3;/q-2;. The van der Waals surface area contributed by atoms with E-state index >= 15 is 0 Å².